The van der Waals surface area contributed by atoms with Crippen LogP contribution < -0.4 is 11.1 Å². The van der Waals surface area contributed by atoms with Crippen LogP contribution in [-0.4, -0.2) is 29.2 Å². The number of hydrogen-bond acceptors (Lipinski definition) is 4. The number of hydrogen-bond donors (Lipinski definition) is 2. The van der Waals surface area contributed by atoms with E-state index in [0.717, 1.165) is 5.69 Å². The smallest absolute Gasteiger partial charge is 0.122 e. The maximum atomic E-state index is 5.47. The highest BCUT2D eigenvalue weighted by Gasteiger charge is 2.16. The standard InChI is InChI=1S/C11H17N3OS/c1-11(2,7-15-3)14-8-4-5-9(10(12)16)13-6-8/h4-6,14H,7H2,1-3H3,(H2,12,16). The first kappa shape index (κ1) is 12.9. The Bertz CT molecular complexity index is 362. The monoisotopic (exact) mass is 239 g/mol. The van der Waals surface area contributed by atoms with E-state index in [0.29, 0.717) is 17.3 Å². The first-order valence-electron chi connectivity index (χ1n) is 4.97. The maximum absolute atomic E-state index is 5.47. The van der Waals surface area contributed by atoms with Crippen molar-refractivity contribution in [3.63, 3.8) is 0 Å². The molecule has 0 fully saturated rings. The van der Waals surface area contributed by atoms with Gasteiger partial charge in [0.2, 0.25) is 0 Å². The highest BCUT2D eigenvalue weighted by Crippen LogP contribution is 2.14. The van der Waals surface area contributed by atoms with Gasteiger partial charge in [-0.3, -0.25) is 4.98 Å². The van der Waals surface area contributed by atoms with Crippen molar-refractivity contribution in [1.29, 1.82) is 0 Å². The van der Waals surface area contributed by atoms with Crippen molar-refractivity contribution < 1.29 is 4.74 Å². The van der Waals surface area contributed by atoms with Gasteiger partial charge in [-0.05, 0) is 26.0 Å². The van der Waals surface area contributed by atoms with E-state index >= 15 is 0 Å². The number of nitrogens with two attached hydrogens (primary N) is 1. The average Bonchev–Trinajstić information content (AvgIpc) is 2.17. The summed E-state index contributed by atoms with van der Waals surface area (Å²) in [5.74, 6) is 0. The van der Waals surface area contributed by atoms with Crippen LogP contribution in [0, 0.1) is 0 Å². The number of pyridine rings is 1. The molecule has 3 N–H and O–H groups in total. The molecule has 1 rings (SSSR count). The Morgan fingerprint density at radius 1 is 1.56 bits per heavy atom. The van der Waals surface area contributed by atoms with Crippen LogP contribution in [-0.2, 0) is 4.74 Å². The zero-order valence-corrected chi connectivity index (χ0v) is 10.6. The Hall–Kier alpha value is -1.20. The molecule has 0 amide bonds. The fourth-order valence-corrected chi connectivity index (χ4v) is 1.52. The molecule has 0 aliphatic carbocycles. The molecule has 0 aromatic carbocycles. The minimum Gasteiger partial charge on any atom is -0.388 e. The van der Waals surface area contributed by atoms with Crippen LogP contribution in [0.4, 0.5) is 5.69 Å². The molecule has 0 aliphatic rings. The van der Waals surface area contributed by atoms with Gasteiger partial charge in [-0.15, -0.1) is 0 Å². The van der Waals surface area contributed by atoms with Gasteiger partial charge in [0.1, 0.15) is 4.99 Å². The molecule has 0 aliphatic heterocycles. The van der Waals surface area contributed by atoms with Gasteiger partial charge in [0, 0.05) is 7.11 Å². The summed E-state index contributed by atoms with van der Waals surface area (Å²) in [7, 11) is 1.68. The third-order valence-electron chi connectivity index (χ3n) is 2.00. The van der Waals surface area contributed by atoms with Crippen molar-refractivity contribution in [2.24, 2.45) is 5.73 Å². The zero-order valence-electron chi connectivity index (χ0n) is 9.78. The summed E-state index contributed by atoms with van der Waals surface area (Å²) in [4.78, 5) is 4.46. The van der Waals surface area contributed by atoms with Crippen LogP contribution in [0.15, 0.2) is 18.3 Å². The summed E-state index contributed by atoms with van der Waals surface area (Å²) >= 11 is 4.83. The van der Waals surface area contributed by atoms with Gasteiger partial charge in [0.25, 0.3) is 0 Å². The van der Waals surface area contributed by atoms with Gasteiger partial charge in [0.05, 0.1) is 29.7 Å². The van der Waals surface area contributed by atoms with Crippen molar-refractivity contribution in [3.8, 4) is 0 Å². The fourth-order valence-electron chi connectivity index (χ4n) is 1.40. The fraction of sp³-hybridized carbons (Fsp3) is 0.455. The van der Waals surface area contributed by atoms with Gasteiger partial charge in [0.15, 0.2) is 0 Å². The summed E-state index contributed by atoms with van der Waals surface area (Å²) < 4.78 is 5.12. The Morgan fingerprint density at radius 2 is 2.25 bits per heavy atom. The molecule has 0 bridgehead atoms. The molecule has 0 spiro atoms. The van der Waals surface area contributed by atoms with Crippen molar-refractivity contribution in [3.05, 3.63) is 24.0 Å². The molecule has 1 aromatic heterocycles. The molecule has 0 saturated carbocycles. The number of rotatable bonds is 5. The lowest BCUT2D eigenvalue weighted by atomic mass is 10.1. The quantitative estimate of drug-likeness (QED) is 0.763. The number of nitrogens with zero attached hydrogens (tertiary/aromatic N) is 1. The van der Waals surface area contributed by atoms with Crippen molar-refractivity contribution in [2.45, 2.75) is 19.4 Å². The second kappa shape index (κ2) is 5.23. The molecule has 4 nitrogen and oxygen atoms in total. The number of nitrogens with one attached hydrogen (secondary N) is 1. The Kier molecular flexibility index (Phi) is 4.20. The normalized spacial score (nSPS) is 11.2. The number of ether oxygens (including phenoxy) is 1. The molecular formula is C11H17N3OS. The first-order chi connectivity index (χ1) is 7.44. The molecule has 0 saturated heterocycles. The Balaban J connectivity index is 2.72. The second-order valence-electron chi connectivity index (χ2n) is 4.24. The number of anilines is 1. The molecular weight excluding hydrogens is 222 g/mol. The van der Waals surface area contributed by atoms with E-state index in [9.17, 15) is 0 Å². The SMILES string of the molecule is COCC(C)(C)Nc1ccc(C(N)=S)nc1. The highest BCUT2D eigenvalue weighted by atomic mass is 32.1. The van der Waals surface area contributed by atoms with Crippen LogP contribution in [0.2, 0.25) is 0 Å². The van der Waals surface area contributed by atoms with E-state index in [-0.39, 0.29) is 5.54 Å². The van der Waals surface area contributed by atoms with Crippen molar-refractivity contribution in [1.82, 2.24) is 4.98 Å². The first-order valence-corrected chi connectivity index (χ1v) is 5.38. The predicted molar refractivity (Wildman–Crippen MR) is 69.7 cm³/mol. The van der Waals surface area contributed by atoms with Crippen LogP contribution in [0.1, 0.15) is 19.5 Å². The predicted octanol–water partition coefficient (Wildman–Crippen LogP) is 1.55. The van der Waals surface area contributed by atoms with Crippen LogP contribution in [0.25, 0.3) is 0 Å². The molecule has 1 heterocycles. The van der Waals surface area contributed by atoms with Gasteiger partial charge in [-0.2, -0.15) is 0 Å². The summed E-state index contributed by atoms with van der Waals surface area (Å²) in [6.07, 6.45) is 1.71. The van der Waals surface area contributed by atoms with Crippen LogP contribution in [0.5, 0.6) is 0 Å². The van der Waals surface area contributed by atoms with Gasteiger partial charge in [-0.1, -0.05) is 12.2 Å². The zero-order chi connectivity index (χ0) is 12.2. The summed E-state index contributed by atoms with van der Waals surface area (Å²) in [5, 5.41) is 3.31. The van der Waals surface area contributed by atoms with Crippen molar-refractivity contribution >= 4 is 22.9 Å². The molecule has 0 radical (unpaired) electrons. The van der Waals surface area contributed by atoms with Gasteiger partial charge < -0.3 is 15.8 Å². The third-order valence-corrected chi connectivity index (χ3v) is 2.21. The van der Waals surface area contributed by atoms with Crippen LogP contribution >= 0.6 is 12.2 Å². The molecule has 0 atom stereocenters. The largest absolute Gasteiger partial charge is 0.388 e. The minimum absolute atomic E-state index is 0.138. The van der Waals surface area contributed by atoms with Crippen molar-refractivity contribution in [2.75, 3.05) is 19.0 Å². The summed E-state index contributed by atoms with van der Waals surface area (Å²) in [6, 6.07) is 3.70. The molecule has 5 heteroatoms. The van der Waals surface area contributed by atoms with E-state index in [2.05, 4.69) is 24.1 Å². The number of methoxy groups -OCH3 is 1. The lowest BCUT2D eigenvalue weighted by Crippen LogP contribution is -2.35. The topological polar surface area (TPSA) is 60.2 Å². The molecule has 1 aromatic rings. The molecule has 88 valence electrons. The van der Waals surface area contributed by atoms with E-state index in [1.807, 2.05) is 6.07 Å². The lowest BCUT2D eigenvalue weighted by Gasteiger charge is -2.26. The third kappa shape index (κ3) is 3.75. The van der Waals surface area contributed by atoms with E-state index in [4.69, 9.17) is 22.7 Å². The molecule has 16 heavy (non-hydrogen) atoms. The van der Waals surface area contributed by atoms with Gasteiger partial charge >= 0.3 is 0 Å². The Labute approximate surface area is 101 Å². The van der Waals surface area contributed by atoms with E-state index in [1.165, 1.54) is 0 Å². The lowest BCUT2D eigenvalue weighted by molar-refractivity contribution is 0.158. The second-order valence-corrected chi connectivity index (χ2v) is 4.68. The number of thiocarbonyl (C=S) groups is 1. The molecule has 0 unspecified atom stereocenters. The number of aromatic nitrogens is 1. The van der Waals surface area contributed by atoms with Crippen LogP contribution in [0.3, 0.4) is 0 Å². The van der Waals surface area contributed by atoms with E-state index in [1.54, 1.807) is 19.4 Å². The summed E-state index contributed by atoms with van der Waals surface area (Å²) in [6.45, 7) is 4.72. The average molecular weight is 239 g/mol. The minimum atomic E-state index is -0.138. The van der Waals surface area contributed by atoms with Gasteiger partial charge in [-0.25, -0.2) is 0 Å². The summed E-state index contributed by atoms with van der Waals surface area (Å²) in [5.41, 5.74) is 6.88. The maximum Gasteiger partial charge on any atom is 0.122 e. The van der Waals surface area contributed by atoms with E-state index < -0.39 is 0 Å². The Morgan fingerprint density at radius 3 is 2.69 bits per heavy atom. The highest BCUT2D eigenvalue weighted by molar-refractivity contribution is 7.80.